The van der Waals surface area contributed by atoms with E-state index in [9.17, 15) is 19.2 Å². The third-order valence-corrected chi connectivity index (χ3v) is 5.01. The quantitative estimate of drug-likeness (QED) is 0.378. The Bertz CT molecular complexity index is 847. The van der Waals surface area contributed by atoms with Gasteiger partial charge in [0.2, 0.25) is 11.8 Å². The average Bonchev–Trinajstić information content (AvgIpc) is 3.32. The van der Waals surface area contributed by atoms with E-state index < -0.39 is 41.4 Å². The summed E-state index contributed by atoms with van der Waals surface area (Å²) in [6, 6.07) is -1.31. The fourth-order valence-electron chi connectivity index (χ4n) is 3.05. The Morgan fingerprint density at radius 2 is 1.78 bits per heavy atom. The minimum Gasteiger partial charge on any atom is -0.382 e. The highest BCUT2D eigenvalue weighted by atomic mass is 16.6. The Morgan fingerprint density at radius 3 is 2.28 bits per heavy atom. The topological polar surface area (TPSA) is 152 Å². The van der Waals surface area contributed by atoms with Crippen LogP contribution in [-0.4, -0.2) is 72.7 Å². The maximum Gasteiger partial charge on any atom is 0.274 e. The molecule has 1 aliphatic heterocycles. The van der Waals surface area contributed by atoms with Crippen molar-refractivity contribution in [3.63, 3.8) is 0 Å². The smallest absolute Gasteiger partial charge is 0.274 e. The SMILES string of the molecule is COC[C@H](NC(=O)c1cc(C)on1)C(=O)N[C@@H](C)C(=O)NC(CC(C)C)C(=O)[C@@]1(C)CO1. The molecule has 0 radical (unpaired) electrons. The second kappa shape index (κ2) is 10.7. The molecule has 0 saturated carbocycles. The van der Waals surface area contributed by atoms with Crippen LogP contribution in [0.1, 0.15) is 50.4 Å². The maximum absolute atomic E-state index is 12.7. The molecule has 3 amide bonds. The van der Waals surface area contributed by atoms with E-state index in [1.807, 2.05) is 13.8 Å². The van der Waals surface area contributed by atoms with Crippen molar-refractivity contribution in [2.24, 2.45) is 5.92 Å². The highest BCUT2D eigenvalue weighted by molar-refractivity contribution is 5.99. The van der Waals surface area contributed by atoms with Gasteiger partial charge in [-0.15, -0.1) is 0 Å². The van der Waals surface area contributed by atoms with Crippen LogP contribution in [0.15, 0.2) is 10.6 Å². The average molecular weight is 453 g/mol. The lowest BCUT2D eigenvalue weighted by Crippen LogP contribution is -2.56. The van der Waals surface area contributed by atoms with Gasteiger partial charge in [0.25, 0.3) is 5.91 Å². The number of aryl methyl sites for hydroxylation is 1. The van der Waals surface area contributed by atoms with Crippen LogP contribution in [0.5, 0.6) is 0 Å². The lowest BCUT2D eigenvalue weighted by molar-refractivity contribution is -0.133. The van der Waals surface area contributed by atoms with Crippen LogP contribution in [0.3, 0.4) is 0 Å². The Balaban J connectivity index is 1.98. The molecule has 11 heteroatoms. The van der Waals surface area contributed by atoms with Gasteiger partial charge in [-0.2, -0.15) is 0 Å². The molecule has 0 aliphatic carbocycles. The first-order valence-corrected chi connectivity index (χ1v) is 10.5. The summed E-state index contributed by atoms with van der Waals surface area (Å²) < 4.78 is 15.1. The van der Waals surface area contributed by atoms with Gasteiger partial charge in [0.05, 0.1) is 19.3 Å². The molecule has 1 aliphatic rings. The number of methoxy groups -OCH3 is 1. The molecular weight excluding hydrogens is 420 g/mol. The standard InChI is InChI=1S/C21H32N4O7/c1-11(2)7-14(17(26)21(5)10-31-21)23-18(27)13(4)22-20(29)16(9-30-6)24-19(28)15-8-12(3)32-25-15/h8,11,13-14,16H,7,9-10H2,1-6H3,(H,22,29)(H,23,27)(H,24,28)/t13-,14?,16-,21+/m0/s1. The van der Waals surface area contributed by atoms with Crippen LogP contribution in [0.25, 0.3) is 0 Å². The number of ether oxygens (including phenoxy) is 2. The van der Waals surface area contributed by atoms with Gasteiger partial charge in [-0.1, -0.05) is 19.0 Å². The molecule has 1 unspecified atom stereocenters. The third kappa shape index (κ3) is 6.86. The summed E-state index contributed by atoms with van der Waals surface area (Å²) in [6.45, 7) is 8.92. The van der Waals surface area contributed by atoms with E-state index in [0.717, 1.165) is 0 Å². The molecular formula is C21H32N4O7. The van der Waals surface area contributed by atoms with Gasteiger partial charge < -0.3 is 29.9 Å². The predicted octanol–water partition coefficient (Wildman–Crippen LogP) is 0.121. The van der Waals surface area contributed by atoms with Crippen molar-refractivity contribution in [1.29, 1.82) is 0 Å². The van der Waals surface area contributed by atoms with E-state index >= 15 is 0 Å². The number of amides is 3. The van der Waals surface area contributed by atoms with Crippen molar-refractivity contribution in [2.45, 2.75) is 64.8 Å². The molecule has 1 aromatic rings. The molecule has 0 bridgehead atoms. The Hall–Kier alpha value is -2.79. The van der Waals surface area contributed by atoms with Crippen LogP contribution < -0.4 is 16.0 Å². The number of carbonyl (C=O) groups is 4. The predicted molar refractivity (Wildman–Crippen MR) is 113 cm³/mol. The van der Waals surface area contributed by atoms with Gasteiger partial charge >= 0.3 is 0 Å². The van der Waals surface area contributed by atoms with E-state index in [0.29, 0.717) is 18.8 Å². The van der Waals surface area contributed by atoms with Crippen LogP contribution >= 0.6 is 0 Å². The number of hydrogen-bond acceptors (Lipinski definition) is 8. The summed E-state index contributed by atoms with van der Waals surface area (Å²) in [7, 11) is 1.38. The molecule has 2 heterocycles. The van der Waals surface area contributed by atoms with Gasteiger partial charge in [-0.05, 0) is 33.1 Å². The molecule has 2 rings (SSSR count). The number of ketones is 1. The summed E-state index contributed by atoms with van der Waals surface area (Å²) in [6.07, 6.45) is 0.448. The number of Topliss-reactive ketones (excluding diaryl/α,β-unsaturated/α-hetero) is 1. The van der Waals surface area contributed by atoms with Crippen LogP contribution in [0, 0.1) is 12.8 Å². The third-order valence-electron chi connectivity index (χ3n) is 5.01. The zero-order valence-electron chi connectivity index (χ0n) is 19.3. The number of aromatic nitrogens is 1. The number of epoxide rings is 1. The first kappa shape index (κ1) is 25.5. The highest BCUT2D eigenvalue weighted by Crippen LogP contribution is 2.29. The number of nitrogens with one attached hydrogen (secondary N) is 3. The van der Waals surface area contributed by atoms with Crippen molar-refractivity contribution >= 4 is 23.5 Å². The fourth-order valence-corrected chi connectivity index (χ4v) is 3.05. The maximum atomic E-state index is 12.7. The normalized spacial score (nSPS) is 20.2. The summed E-state index contributed by atoms with van der Waals surface area (Å²) in [4.78, 5) is 50.3. The lowest BCUT2D eigenvalue weighted by atomic mass is 9.93. The van der Waals surface area contributed by atoms with Crippen molar-refractivity contribution in [3.8, 4) is 0 Å². The Kier molecular flexibility index (Phi) is 8.51. The van der Waals surface area contributed by atoms with Crippen LogP contribution in [-0.2, 0) is 23.9 Å². The van der Waals surface area contributed by atoms with E-state index in [1.54, 1.807) is 13.8 Å². The number of nitrogens with zero attached hydrogens (tertiary/aromatic N) is 1. The minimum absolute atomic E-state index is 0.0213. The fraction of sp³-hybridized carbons (Fsp3) is 0.667. The first-order valence-electron chi connectivity index (χ1n) is 10.5. The zero-order valence-corrected chi connectivity index (χ0v) is 19.3. The Morgan fingerprint density at radius 1 is 1.12 bits per heavy atom. The summed E-state index contributed by atoms with van der Waals surface area (Å²) >= 11 is 0. The highest BCUT2D eigenvalue weighted by Gasteiger charge is 2.50. The molecule has 178 valence electrons. The van der Waals surface area contributed by atoms with Crippen molar-refractivity contribution in [2.75, 3.05) is 20.3 Å². The molecule has 1 saturated heterocycles. The van der Waals surface area contributed by atoms with Crippen LogP contribution in [0.4, 0.5) is 0 Å². The summed E-state index contributed by atoms with van der Waals surface area (Å²) in [5.41, 5.74) is -0.847. The molecule has 0 aromatic carbocycles. The van der Waals surface area contributed by atoms with E-state index in [-0.39, 0.29) is 24.0 Å². The number of carbonyl (C=O) groups excluding carboxylic acids is 4. The van der Waals surface area contributed by atoms with Gasteiger partial charge in [-0.3, -0.25) is 19.2 Å². The van der Waals surface area contributed by atoms with Crippen molar-refractivity contribution in [1.82, 2.24) is 21.1 Å². The van der Waals surface area contributed by atoms with Crippen molar-refractivity contribution < 1.29 is 33.2 Å². The Labute approximate surface area is 186 Å². The monoisotopic (exact) mass is 452 g/mol. The lowest BCUT2D eigenvalue weighted by Gasteiger charge is -2.24. The van der Waals surface area contributed by atoms with E-state index in [1.165, 1.54) is 20.1 Å². The zero-order chi connectivity index (χ0) is 24.1. The molecule has 4 atom stereocenters. The second-order valence-corrected chi connectivity index (χ2v) is 8.61. The summed E-state index contributed by atoms with van der Waals surface area (Å²) in [5, 5.41) is 11.4. The van der Waals surface area contributed by atoms with Crippen LogP contribution in [0.2, 0.25) is 0 Å². The number of hydrogen-bond donors (Lipinski definition) is 3. The summed E-state index contributed by atoms with van der Waals surface area (Å²) in [5.74, 6) is -1.33. The molecule has 1 aromatic heterocycles. The second-order valence-electron chi connectivity index (χ2n) is 8.61. The first-order chi connectivity index (χ1) is 15.0. The van der Waals surface area contributed by atoms with E-state index in [2.05, 4.69) is 21.1 Å². The van der Waals surface area contributed by atoms with Gasteiger partial charge in [-0.25, -0.2) is 0 Å². The molecule has 32 heavy (non-hydrogen) atoms. The molecule has 3 N–H and O–H groups in total. The number of rotatable bonds is 12. The van der Waals surface area contributed by atoms with Gasteiger partial charge in [0, 0.05) is 13.2 Å². The molecule has 0 spiro atoms. The van der Waals surface area contributed by atoms with Crippen molar-refractivity contribution in [3.05, 3.63) is 17.5 Å². The van der Waals surface area contributed by atoms with E-state index in [4.69, 9.17) is 14.0 Å². The molecule has 11 nitrogen and oxygen atoms in total. The van der Waals surface area contributed by atoms with Gasteiger partial charge in [0.15, 0.2) is 11.5 Å². The van der Waals surface area contributed by atoms with Gasteiger partial charge in [0.1, 0.15) is 23.4 Å². The minimum atomic E-state index is -1.06. The largest absolute Gasteiger partial charge is 0.382 e. The molecule has 1 fully saturated rings.